The highest BCUT2D eigenvalue weighted by Crippen LogP contribution is 2.45. The van der Waals surface area contributed by atoms with Crippen LogP contribution in [0, 0.1) is 5.92 Å². The molecule has 0 bridgehead atoms. The molecule has 8 nitrogen and oxygen atoms in total. The normalized spacial score (nSPS) is 22.2. The molecule has 174 valence electrons. The SMILES string of the molecule is C[C@H]1CC1NNC(=S)Nc1ccc(C2=C3C=CC(O)C=C3Oc3cc(O)ccc32)c(C(=O)O)c1. The Morgan fingerprint density at radius 2 is 1.94 bits per heavy atom. The second-order valence-corrected chi connectivity index (χ2v) is 8.97. The van der Waals surface area contributed by atoms with Gasteiger partial charge in [-0.3, -0.25) is 5.43 Å². The molecule has 2 aliphatic carbocycles. The Morgan fingerprint density at radius 1 is 1.18 bits per heavy atom. The Balaban J connectivity index is 1.54. The topological polar surface area (TPSA) is 123 Å². The monoisotopic (exact) mass is 477 g/mol. The summed E-state index contributed by atoms with van der Waals surface area (Å²) in [4.78, 5) is 12.3. The van der Waals surface area contributed by atoms with Crippen LogP contribution in [0.15, 0.2) is 66.0 Å². The molecule has 0 radical (unpaired) electrons. The molecule has 3 aliphatic rings. The van der Waals surface area contributed by atoms with Crippen LogP contribution in [-0.4, -0.2) is 38.5 Å². The number of hydrogen-bond donors (Lipinski definition) is 6. The molecule has 1 fully saturated rings. The molecule has 6 N–H and O–H groups in total. The summed E-state index contributed by atoms with van der Waals surface area (Å²) in [5.41, 5.74) is 9.05. The summed E-state index contributed by atoms with van der Waals surface area (Å²) in [6.07, 6.45) is 5.10. The third-order valence-corrected chi connectivity index (χ3v) is 6.23. The summed E-state index contributed by atoms with van der Waals surface area (Å²) in [5, 5.41) is 33.4. The van der Waals surface area contributed by atoms with E-state index >= 15 is 0 Å². The van der Waals surface area contributed by atoms with Crippen molar-refractivity contribution in [3.63, 3.8) is 0 Å². The fourth-order valence-electron chi connectivity index (χ4n) is 4.09. The number of anilines is 1. The average molecular weight is 478 g/mol. The smallest absolute Gasteiger partial charge is 0.336 e. The lowest BCUT2D eigenvalue weighted by Gasteiger charge is -2.28. The molecule has 0 amide bonds. The van der Waals surface area contributed by atoms with Crippen LogP contribution >= 0.6 is 12.2 Å². The Labute approximate surface area is 201 Å². The largest absolute Gasteiger partial charge is 0.508 e. The van der Waals surface area contributed by atoms with E-state index in [2.05, 4.69) is 23.1 Å². The molecule has 1 aliphatic heterocycles. The number of ether oxygens (including phenoxy) is 1. The lowest BCUT2D eigenvalue weighted by molar-refractivity contribution is 0.0696. The van der Waals surface area contributed by atoms with Crippen LogP contribution in [-0.2, 0) is 0 Å². The number of hydrazine groups is 1. The number of fused-ring (bicyclic) bond motifs is 2. The van der Waals surface area contributed by atoms with Gasteiger partial charge < -0.3 is 25.4 Å². The first-order chi connectivity index (χ1) is 16.3. The molecule has 0 saturated heterocycles. The first-order valence-electron chi connectivity index (χ1n) is 10.8. The lowest BCUT2D eigenvalue weighted by Crippen LogP contribution is -2.41. The van der Waals surface area contributed by atoms with Gasteiger partial charge in [0, 0.05) is 34.5 Å². The highest BCUT2D eigenvalue weighted by molar-refractivity contribution is 7.80. The van der Waals surface area contributed by atoms with Crippen LogP contribution in [0.2, 0.25) is 0 Å². The number of aliphatic hydroxyl groups excluding tert-OH is 1. The summed E-state index contributed by atoms with van der Waals surface area (Å²) in [7, 11) is 0. The number of carboxylic acid groups (broad SMARTS) is 1. The van der Waals surface area contributed by atoms with Crippen LogP contribution in [0.5, 0.6) is 11.5 Å². The number of phenols is 1. The number of aliphatic hydroxyl groups is 1. The first kappa shape index (κ1) is 22.1. The van der Waals surface area contributed by atoms with E-state index in [-0.39, 0.29) is 11.3 Å². The van der Waals surface area contributed by atoms with E-state index in [1.165, 1.54) is 24.3 Å². The molecule has 0 spiro atoms. The number of aromatic hydroxyl groups is 1. The Morgan fingerprint density at radius 3 is 2.68 bits per heavy atom. The fourth-order valence-corrected chi connectivity index (χ4v) is 4.27. The Hall–Kier alpha value is -3.66. The number of hydrogen-bond acceptors (Lipinski definition) is 6. The van der Waals surface area contributed by atoms with Gasteiger partial charge >= 0.3 is 5.97 Å². The predicted molar refractivity (Wildman–Crippen MR) is 131 cm³/mol. The van der Waals surface area contributed by atoms with Gasteiger partial charge in [0.05, 0.1) is 11.7 Å². The highest BCUT2D eigenvalue weighted by atomic mass is 32.1. The standard InChI is InChI=1S/C25H23N3O5S/c1-12-8-20(12)27-28-25(34)26-13-2-5-16(19(9-13)24(31)32)23-17-6-3-14(29)10-21(17)33-22-11-15(30)4-7-18(22)23/h2-7,9-12,14,20,27,29-30H,8H2,1H3,(H,31,32)(H2,26,28,34)/t12-,14?,20?/m0/s1. The summed E-state index contributed by atoms with van der Waals surface area (Å²) in [5.74, 6) is 0.278. The molecule has 2 aromatic carbocycles. The van der Waals surface area contributed by atoms with Crippen molar-refractivity contribution in [2.75, 3.05) is 5.32 Å². The van der Waals surface area contributed by atoms with Crippen molar-refractivity contribution < 1.29 is 24.9 Å². The number of phenolic OH excluding ortho intramolecular Hbond substituents is 1. The minimum absolute atomic E-state index is 0.0160. The Kier molecular flexibility index (Phi) is 5.60. The van der Waals surface area contributed by atoms with Crippen molar-refractivity contribution in [1.82, 2.24) is 10.9 Å². The summed E-state index contributed by atoms with van der Waals surface area (Å²) < 4.78 is 5.91. The van der Waals surface area contributed by atoms with E-state index in [9.17, 15) is 20.1 Å². The van der Waals surface area contributed by atoms with Gasteiger partial charge in [-0.2, -0.15) is 0 Å². The quantitative estimate of drug-likeness (QED) is 0.284. The first-order valence-corrected chi connectivity index (χ1v) is 11.2. The van der Waals surface area contributed by atoms with Gasteiger partial charge in [-0.1, -0.05) is 25.1 Å². The van der Waals surface area contributed by atoms with Crippen molar-refractivity contribution in [3.8, 4) is 11.5 Å². The van der Waals surface area contributed by atoms with Crippen molar-refractivity contribution in [2.24, 2.45) is 5.92 Å². The van der Waals surface area contributed by atoms with Gasteiger partial charge in [0.25, 0.3) is 0 Å². The molecule has 1 heterocycles. The Bertz CT molecular complexity index is 1300. The fraction of sp³-hybridized carbons (Fsp3) is 0.200. The number of carboxylic acids is 1. The average Bonchev–Trinajstić information content (AvgIpc) is 3.51. The molecule has 9 heteroatoms. The number of benzene rings is 2. The van der Waals surface area contributed by atoms with Crippen LogP contribution in [0.1, 0.15) is 34.8 Å². The van der Waals surface area contributed by atoms with Gasteiger partial charge in [0.2, 0.25) is 0 Å². The van der Waals surface area contributed by atoms with Crippen LogP contribution < -0.4 is 20.9 Å². The number of carbonyl (C=O) groups is 1. The van der Waals surface area contributed by atoms with Gasteiger partial charge in [0.15, 0.2) is 5.11 Å². The van der Waals surface area contributed by atoms with Crippen molar-refractivity contribution in [1.29, 1.82) is 0 Å². The molecule has 1 saturated carbocycles. The lowest BCUT2D eigenvalue weighted by atomic mass is 9.85. The maximum absolute atomic E-state index is 12.3. The van der Waals surface area contributed by atoms with E-state index in [0.717, 1.165) is 6.42 Å². The molecule has 0 aromatic heterocycles. The maximum Gasteiger partial charge on any atom is 0.336 e. The molecule has 2 unspecified atom stereocenters. The molecule has 2 aromatic rings. The molecule has 34 heavy (non-hydrogen) atoms. The summed E-state index contributed by atoms with van der Waals surface area (Å²) >= 11 is 5.32. The second-order valence-electron chi connectivity index (χ2n) is 8.56. The van der Waals surface area contributed by atoms with E-state index in [1.807, 2.05) is 0 Å². The van der Waals surface area contributed by atoms with Crippen LogP contribution in [0.25, 0.3) is 5.57 Å². The van der Waals surface area contributed by atoms with Crippen molar-refractivity contribution >= 4 is 34.6 Å². The number of allylic oxidation sites excluding steroid dienone is 1. The molecular weight excluding hydrogens is 454 g/mol. The van der Waals surface area contributed by atoms with Crippen LogP contribution in [0.3, 0.4) is 0 Å². The van der Waals surface area contributed by atoms with Crippen LogP contribution in [0.4, 0.5) is 5.69 Å². The van der Waals surface area contributed by atoms with Gasteiger partial charge in [0.1, 0.15) is 17.3 Å². The highest BCUT2D eigenvalue weighted by Gasteiger charge is 2.32. The predicted octanol–water partition coefficient (Wildman–Crippen LogP) is 3.30. The number of nitrogens with one attached hydrogen (secondary N) is 3. The summed E-state index contributed by atoms with van der Waals surface area (Å²) in [6, 6.07) is 10.0. The third-order valence-electron chi connectivity index (χ3n) is 6.03. The van der Waals surface area contributed by atoms with Gasteiger partial charge in [-0.15, -0.1) is 0 Å². The van der Waals surface area contributed by atoms with E-state index in [1.54, 1.807) is 30.4 Å². The number of aromatic carboxylic acids is 1. The minimum Gasteiger partial charge on any atom is -0.508 e. The zero-order valence-corrected chi connectivity index (χ0v) is 19.0. The van der Waals surface area contributed by atoms with E-state index in [4.69, 9.17) is 17.0 Å². The van der Waals surface area contributed by atoms with Crippen molar-refractivity contribution in [3.05, 3.63) is 82.6 Å². The summed E-state index contributed by atoms with van der Waals surface area (Å²) in [6.45, 7) is 2.14. The second kappa shape index (κ2) is 8.60. The molecular formula is C25H23N3O5S. The molecule has 3 atom stereocenters. The zero-order chi connectivity index (χ0) is 24.0. The number of rotatable bonds is 5. The van der Waals surface area contributed by atoms with Gasteiger partial charge in [-0.05, 0) is 60.5 Å². The van der Waals surface area contributed by atoms with E-state index < -0.39 is 12.1 Å². The van der Waals surface area contributed by atoms with E-state index in [0.29, 0.717) is 56.5 Å². The maximum atomic E-state index is 12.3. The minimum atomic E-state index is -1.10. The third kappa shape index (κ3) is 4.28. The van der Waals surface area contributed by atoms with Crippen molar-refractivity contribution in [2.45, 2.75) is 25.5 Å². The van der Waals surface area contributed by atoms with Gasteiger partial charge in [-0.25, -0.2) is 10.2 Å². The zero-order valence-electron chi connectivity index (χ0n) is 18.2. The molecule has 5 rings (SSSR count). The number of thiocarbonyl (C=S) groups is 1.